The van der Waals surface area contributed by atoms with Crippen LogP contribution in [0.25, 0.3) is 6.08 Å². The summed E-state index contributed by atoms with van der Waals surface area (Å²) < 4.78 is 16.9. The third kappa shape index (κ3) is 4.99. The Balaban J connectivity index is 1.56. The number of carbonyl (C=O) groups excluding carboxylic acids is 1. The van der Waals surface area contributed by atoms with Gasteiger partial charge in [-0.15, -0.1) is 0 Å². The maximum Gasteiger partial charge on any atom is 0.244 e. The molecule has 26 heavy (non-hydrogen) atoms. The zero-order chi connectivity index (χ0) is 18.4. The molecule has 1 unspecified atom stereocenters. The van der Waals surface area contributed by atoms with Crippen LogP contribution in [0.4, 0.5) is 0 Å². The van der Waals surface area contributed by atoms with Gasteiger partial charge < -0.3 is 19.5 Å². The zero-order valence-corrected chi connectivity index (χ0v) is 15.6. The van der Waals surface area contributed by atoms with E-state index in [1.54, 1.807) is 12.2 Å². The van der Waals surface area contributed by atoms with E-state index in [0.29, 0.717) is 13.2 Å². The average molecular weight is 360 g/mol. The molecule has 1 fully saturated rings. The molecule has 0 aromatic heterocycles. The highest BCUT2D eigenvalue weighted by atomic mass is 16.5. The van der Waals surface area contributed by atoms with Gasteiger partial charge in [-0.1, -0.05) is 0 Å². The third-order valence-corrected chi connectivity index (χ3v) is 4.57. The summed E-state index contributed by atoms with van der Waals surface area (Å²) in [5.74, 6) is 1.57. The molecule has 6 heteroatoms. The van der Waals surface area contributed by atoms with Crippen molar-refractivity contribution in [2.24, 2.45) is 0 Å². The minimum absolute atomic E-state index is 0.101. The van der Waals surface area contributed by atoms with E-state index >= 15 is 0 Å². The predicted molar refractivity (Wildman–Crippen MR) is 101 cm³/mol. The van der Waals surface area contributed by atoms with Crippen LogP contribution in [0.15, 0.2) is 18.2 Å². The first-order chi connectivity index (χ1) is 12.7. The smallest absolute Gasteiger partial charge is 0.244 e. The Morgan fingerprint density at radius 3 is 2.96 bits per heavy atom. The van der Waals surface area contributed by atoms with E-state index in [1.807, 2.05) is 19.1 Å². The molecule has 1 atom stereocenters. The number of morpholine rings is 1. The Hall–Kier alpha value is -2.05. The quantitative estimate of drug-likeness (QED) is 0.753. The van der Waals surface area contributed by atoms with Crippen LogP contribution in [0.5, 0.6) is 11.5 Å². The first-order valence-electron chi connectivity index (χ1n) is 9.38. The second-order valence-electron chi connectivity index (χ2n) is 6.64. The van der Waals surface area contributed by atoms with Crippen LogP contribution in [0.3, 0.4) is 0 Å². The molecule has 1 aromatic rings. The Morgan fingerprint density at radius 2 is 2.19 bits per heavy atom. The van der Waals surface area contributed by atoms with Crippen LogP contribution in [-0.4, -0.2) is 62.9 Å². The number of nitrogens with zero attached hydrogens (tertiary/aromatic N) is 1. The summed E-state index contributed by atoms with van der Waals surface area (Å²) in [5, 5.41) is 2.93. The van der Waals surface area contributed by atoms with Gasteiger partial charge in [0.1, 0.15) is 17.6 Å². The lowest BCUT2D eigenvalue weighted by atomic mass is 10.1. The molecule has 1 amide bonds. The van der Waals surface area contributed by atoms with E-state index < -0.39 is 0 Å². The summed E-state index contributed by atoms with van der Waals surface area (Å²) in [6, 6.07) is 3.99. The Morgan fingerprint density at radius 1 is 1.38 bits per heavy atom. The molecule has 2 heterocycles. The highest BCUT2D eigenvalue weighted by Crippen LogP contribution is 2.35. The highest BCUT2D eigenvalue weighted by Gasteiger charge is 2.21. The van der Waals surface area contributed by atoms with Gasteiger partial charge in [0.2, 0.25) is 5.91 Å². The third-order valence-electron chi connectivity index (χ3n) is 4.57. The van der Waals surface area contributed by atoms with Gasteiger partial charge in [-0.25, -0.2) is 0 Å². The van der Waals surface area contributed by atoms with E-state index in [-0.39, 0.29) is 12.0 Å². The topological polar surface area (TPSA) is 60.0 Å². The van der Waals surface area contributed by atoms with Crippen LogP contribution in [-0.2, 0) is 16.0 Å². The van der Waals surface area contributed by atoms with Crippen LogP contribution in [0.2, 0.25) is 0 Å². The largest absolute Gasteiger partial charge is 0.493 e. The van der Waals surface area contributed by atoms with Crippen molar-refractivity contribution < 1.29 is 19.0 Å². The van der Waals surface area contributed by atoms with Gasteiger partial charge in [-0.2, -0.15) is 0 Å². The number of carbonyl (C=O) groups is 1. The van der Waals surface area contributed by atoms with E-state index in [1.165, 1.54) is 0 Å². The summed E-state index contributed by atoms with van der Waals surface area (Å²) >= 11 is 0. The van der Waals surface area contributed by atoms with Gasteiger partial charge in [0.05, 0.1) is 19.8 Å². The summed E-state index contributed by atoms with van der Waals surface area (Å²) in [7, 11) is 0. The van der Waals surface area contributed by atoms with Gasteiger partial charge in [0.15, 0.2) is 0 Å². The normalized spacial score (nSPS) is 20.0. The molecule has 2 aliphatic rings. The second kappa shape index (κ2) is 9.05. The molecule has 3 rings (SSSR count). The van der Waals surface area contributed by atoms with Crippen LogP contribution in [0.1, 0.15) is 25.0 Å². The molecule has 6 nitrogen and oxygen atoms in total. The molecular formula is C20H28N2O4. The van der Waals surface area contributed by atoms with Gasteiger partial charge >= 0.3 is 0 Å². The SMILES string of the molecule is CCOc1cc2c(cc1C=CC(=O)NCCN1CCOCC1)OC(C)C2. The van der Waals surface area contributed by atoms with Crippen LogP contribution in [0, 0.1) is 0 Å². The fourth-order valence-corrected chi connectivity index (χ4v) is 3.25. The summed E-state index contributed by atoms with van der Waals surface area (Å²) in [6.07, 6.45) is 4.42. The van der Waals surface area contributed by atoms with E-state index in [0.717, 1.165) is 61.9 Å². The molecular weight excluding hydrogens is 332 g/mol. The molecule has 0 aliphatic carbocycles. The number of nitrogens with one attached hydrogen (secondary N) is 1. The van der Waals surface area contributed by atoms with Crippen molar-refractivity contribution in [1.29, 1.82) is 0 Å². The number of fused-ring (bicyclic) bond motifs is 1. The van der Waals surface area contributed by atoms with Gasteiger partial charge in [0, 0.05) is 49.8 Å². The standard InChI is InChI=1S/C20H28N2O4/c1-3-25-18-14-17-12-15(2)26-19(17)13-16(18)4-5-20(23)21-6-7-22-8-10-24-11-9-22/h4-5,13-15H,3,6-12H2,1-2H3,(H,21,23). The summed E-state index contributed by atoms with van der Waals surface area (Å²) in [5.41, 5.74) is 2.02. The lowest BCUT2D eigenvalue weighted by molar-refractivity contribution is -0.116. The molecule has 0 saturated carbocycles. The Bertz CT molecular complexity index is 653. The van der Waals surface area contributed by atoms with Crippen molar-refractivity contribution in [3.63, 3.8) is 0 Å². The van der Waals surface area contributed by atoms with Crippen molar-refractivity contribution in [3.05, 3.63) is 29.3 Å². The first kappa shape index (κ1) is 18.7. The predicted octanol–water partition coefficient (Wildman–Crippen LogP) is 1.87. The maximum atomic E-state index is 12.1. The molecule has 2 aliphatic heterocycles. The number of hydrogen-bond acceptors (Lipinski definition) is 5. The number of ether oxygens (including phenoxy) is 3. The van der Waals surface area contributed by atoms with Crippen molar-refractivity contribution in [2.75, 3.05) is 46.0 Å². The monoisotopic (exact) mass is 360 g/mol. The Kier molecular flexibility index (Phi) is 6.52. The van der Waals surface area contributed by atoms with Crippen molar-refractivity contribution in [1.82, 2.24) is 10.2 Å². The zero-order valence-electron chi connectivity index (χ0n) is 15.6. The minimum atomic E-state index is -0.101. The molecule has 1 N–H and O–H groups in total. The van der Waals surface area contributed by atoms with E-state index in [4.69, 9.17) is 14.2 Å². The van der Waals surface area contributed by atoms with E-state index in [9.17, 15) is 4.79 Å². The number of rotatable bonds is 7. The van der Waals surface area contributed by atoms with Gasteiger partial charge in [-0.05, 0) is 32.1 Å². The highest BCUT2D eigenvalue weighted by molar-refractivity contribution is 5.92. The van der Waals surface area contributed by atoms with Gasteiger partial charge in [-0.3, -0.25) is 9.69 Å². The summed E-state index contributed by atoms with van der Waals surface area (Å²) in [6.45, 7) is 9.47. The molecule has 142 valence electrons. The maximum absolute atomic E-state index is 12.1. The van der Waals surface area contributed by atoms with Crippen molar-refractivity contribution in [3.8, 4) is 11.5 Å². The lowest BCUT2D eigenvalue weighted by Crippen LogP contribution is -2.41. The molecule has 0 radical (unpaired) electrons. The minimum Gasteiger partial charge on any atom is -0.493 e. The molecule has 1 aromatic carbocycles. The molecule has 0 spiro atoms. The van der Waals surface area contributed by atoms with Crippen LogP contribution < -0.4 is 14.8 Å². The first-order valence-corrected chi connectivity index (χ1v) is 9.38. The summed E-state index contributed by atoms with van der Waals surface area (Å²) in [4.78, 5) is 14.4. The average Bonchev–Trinajstić information content (AvgIpc) is 3.00. The van der Waals surface area contributed by atoms with Crippen molar-refractivity contribution in [2.45, 2.75) is 26.4 Å². The number of hydrogen-bond donors (Lipinski definition) is 1. The number of amides is 1. The second-order valence-corrected chi connectivity index (χ2v) is 6.64. The Labute approximate surface area is 155 Å². The van der Waals surface area contributed by atoms with E-state index in [2.05, 4.69) is 17.1 Å². The lowest BCUT2D eigenvalue weighted by Gasteiger charge is -2.26. The van der Waals surface area contributed by atoms with Crippen LogP contribution >= 0.6 is 0 Å². The van der Waals surface area contributed by atoms with Gasteiger partial charge in [0.25, 0.3) is 0 Å². The molecule has 0 bridgehead atoms. The molecule has 1 saturated heterocycles. The van der Waals surface area contributed by atoms with Crippen molar-refractivity contribution >= 4 is 12.0 Å². The number of benzene rings is 1. The fourth-order valence-electron chi connectivity index (χ4n) is 3.25. The fraction of sp³-hybridized carbons (Fsp3) is 0.550.